The van der Waals surface area contributed by atoms with Gasteiger partial charge >= 0.3 is 6.09 Å². The van der Waals surface area contributed by atoms with E-state index in [1.54, 1.807) is 0 Å². The maximum Gasteiger partial charge on any atom is 0.408 e. The molecule has 1 aliphatic carbocycles. The van der Waals surface area contributed by atoms with E-state index in [0.29, 0.717) is 5.92 Å². The van der Waals surface area contributed by atoms with Crippen LogP contribution in [0, 0.1) is 11.8 Å². The molecule has 9 heteroatoms. The Bertz CT molecular complexity index is 1300. The van der Waals surface area contributed by atoms with Gasteiger partial charge in [0.2, 0.25) is 5.91 Å². The van der Waals surface area contributed by atoms with E-state index in [2.05, 4.69) is 73.3 Å². The first kappa shape index (κ1) is 44.9. The molecule has 4 atom stereocenters. The Labute approximate surface area is 310 Å². The Kier molecular flexibility index (Phi) is 19.3. The fraction of sp³-hybridized carbons (Fsp3) is 0.571. The lowest BCUT2D eigenvalue weighted by Crippen LogP contribution is -2.49. The molecule has 1 saturated heterocycles. The maximum absolute atomic E-state index is 13.5. The molecule has 0 spiro atoms. The minimum Gasteiger partial charge on any atom is -0.444 e. The predicted molar refractivity (Wildman–Crippen MR) is 215 cm³/mol. The molecule has 1 aliphatic heterocycles. The first-order valence-corrected chi connectivity index (χ1v) is 18.6. The molecule has 1 aromatic carbocycles. The van der Waals surface area contributed by atoms with Crippen molar-refractivity contribution in [3.05, 3.63) is 97.7 Å². The van der Waals surface area contributed by atoms with Gasteiger partial charge in [-0.1, -0.05) is 110 Å². The maximum atomic E-state index is 13.5. The quantitative estimate of drug-likeness (QED) is 0.128. The highest BCUT2D eigenvalue weighted by atomic mass is 16.6. The Balaban J connectivity index is 0.00000246. The molecule has 4 unspecified atom stereocenters. The summed E-state index contributed by atoms with van der Waals surface area (Å²) >= 11 is 0. The van der Waals surface area contributed by atoms with E-state index in [4.69, 9.17) is 4.74 Å². The number of amides is 2. The van der Waals surface area contributed by atoms with Crippen molar-refractivity contribution >= 4 is 12.0 Å². The number of carbonyl (C=O) groups is 2. The normalized spacial score (nSPS) is 17.1. The van der Waals surface area contributed by atoms with E-state index in [1.165, 1.54) is 25.5 Å². The Hall–Kier alpha value is -4.14. The summed E-state index contributed by atoms with van der Waals surface area (Å²) < 4.78 is 5.55. The van der Waals surface area contributed by atoms with Crippen molar-refractivity contribution in [3.63, 3.8) is 0 Å². The minimum atomic E-state index is -0.584. The van der Waals surface area contributed by atoms with Gasteiger partial charge in [-0.15, -0.1) is 0 Å². The van der Waals surface area contributed by atoms with Gasteiger partial charge in [-0.25, -0.2) is 4.79 Å². The van der Waals surface area contributed by atoms with Crippen LogP contribution in [0.25, 0.3) is 0 Å². The van der Waals surface area contributed by atoms with Crippen LogP contribution in [0.15, 0.2) is 92.1 Å². The second-order valence-corrected chi connectivity index (χ2v) is 14.8. The molecule has 1 aromatic rings. The topological polar surface area (TPSA) is 112 Å². The van der Waals surface area contributed by atoms with Crippen molar-refractivity contribution in [1.29, 1.82) is 0 Å². The number of rotatable bonds is 16. The second kappa shape index (κ2) is 21.9. The molecule has 0 aromatic heterocycles. The number of carbonyl (C=O) groups excluding carboxylic acids is 2. The van der Waals surface area contributed by atoms with Gasteiger partial charge < -0.3 is 36.2 Å². The monoisotopic (exact) mass is 707 g/mol. The molecule has 286 valence electrons. The lowest BCUT2D eigenvalue weighted by Gasteiger charge is -2.38. The van der Waals surface area contributed by atoms with Gasteiger partial charge in [0.25, 0.3) is 0 Å². The summed E-state index contributed by atoms with van der Waals surface area (Å²) in [6.07, 6.45) is 7.49. The molecule has 5 N–H and O–H groups in total. The van der Waals surface area contributed by atoms with Gasteiger partial charge in [0.15, 0.2) is 0 Å². The van der Waals surface area contributed by atoms with Crippen molar-refractivity contribution in [2.24, 2.45) is 17.6 Å². The SMILES string of the molecule is C=C(CC(=O)NC(C(=C)N(C)C)c1ccccc1)C(CC1CCC1)NC(=C)C1CCCN1C(=C)C(NC(=O)OC(C)(C)C)C(C)C.C=CN.CC. The zero-order valence-electron chi connectivity index (χ0n) is 33.3. The van der Waals surface area contributed by atoms with Crippen LogP contribution < -0.4 is 21.7 Å². The number of likely N-dealkylation sites (N-methyl/N-ethyl adjacent to an activating group) is 1. The lowest BCUT2D eigenvalue weighted by molar-refractivity contribution is -0.121. The minimum absolute atomic E-state index is 0.0191. The van der Waals surface area contributed by atoms with Crippen LogP contribution in [-0.2, 0) is 9.53 Å². The number of hydrogen-bond donors (Lipinski definition) is 4. The molecule has 3 rings (SSSR count). The van der Waals surface area contributed by atoms with E-state index >= 15 is 0 Å². The van der Waals surface area contributed by atoms with Gasteiger partial charge in [0.05, 0.1) is 18.1 Å². The van der Waals surface area contributed by atoms with Gasteiger partial charge in [0.1, 0.15) is 5.60 Å². The summed E-state index contributed by atoms with van der Waals surface area (Å²) in [6, 6.07) is 9.26. The van der Waals surface area contributed by atoms with E-state index in [1.807, 2.05) is 83.9 Å². The summed E-state index contributed by atoms with van der Waals surface area (Å²) in [7, 11) is 3.87. The Morgan fingerprint density at radius 1 is 1.00 bits per heavy atom. The highest BCUT2D eigenvalue weighted by Crippen LogP contribution is 2.34. The highest BCUT2D eigenvalue weighted by molar-refractivity contribution is 5.79. The highest BCUT2D eigenvalue weighted by Gasteiger charge is 2.35. The summed E-state index contributed by atoms with van der Waals surface area (Å²) in [6.45, 7) is 35.3. The van der Waals surface area contributed by atoms with Crippen LogP contribution in [0.3, 0.4) is 0 Å². The summed E-state index contributed by atoms with van der Waals surface area (Å²) in [5.41, 5.74) is 8.42. The third kappa shape index (κ3) is 14.9. The van der Waals surface area contributed by atoms with Crippen LogP contribution in [0.5, 0.6) is 0 Å². The molecule has 0 bridgehead atoms. The summed E-state index contributed by atoms with van der Waals surface area (Å²) in [4.78, 5) is 30.4. The van der Waals surface area contributed by atoms with Crippen LogP contribution in [0.2, 0.25) is 0 Å². The first-order valence-electron chi connectivity index (χ1n) is 18.6. The molecular weight excluding hydrogens is 637 g/mol. The zero-order valence-corrected chi connectivity index (χ0v) is 33.3. The number of nitrogens with one attached hydrogen (secondary N) is 3. The van der Waals surface area contributed by atoms with Crippen LogP contribution in [0.1, 0.15) is 105 Å². The molecular formula is C42H70N6O3. The number of nitrogens with two attached hydrogens (primary N) is 1. The number of alkyl carbamates (subject to hydrolysis) is 1. The van der Waals surface area contributed by atoms with E-state index in [-0.39, 0.29) is 42.4 Å². The summed E-state index contributed by atoms with van der Waals surface area (Å²) in [5.74, 6) is 0.640. The van der Waals surface area contributed by atoms with Crippen LogP contribution in [0.4, 0.5) is 4.79 Å². The lowest BCUT2D eigenvalue weighted by atomic mass is 9.79. The predicted octanol–water partition coefficient (Wildman–Crippen LogP) is 8.17. The summed E-state index contributed by atoms with van der Waals surface area (Å²) in [5, 5.41) is 9.98. The number of ether oxygens (including phenoxy) is 1. The molecule has 2 amide bonds. The molecule has 2 aliphatic rings. The number of likely N-dealkylation sites (tertiary alicyclic amines) is 1. The number of nitrogens with zero attached hydrogens (tertiary/aromatic N) is 2. The first-order chi connectivity index (χ1) is 24.0. The molecule has 1 heterocycles. The second-order valence-electron chi connectivity index (χ2n) is 14.8. The van der Waals surface area contributed by atoms with Crippen molar-refractivity contribution in [2.45, 2.75) is 123 Å². The van der Waals surface area contributed by atoms with Crippen molar-refractivity contribution < 1.29 is 14.3 Å². The molecule has 0 radical (unpaired) electrons. The third-order valence-corrected chi connectivity index (χ3v) is 9.10. The fourth-order valence-electron chi connectivity index (χ4n) is 6.23. The van der Waals surface area contributed by atoms with Gasteiger partial charge in [-0.05, 0) is 69.2 Å². The zero-order chi connectivity index (χ0) is 38.9. The fourth-order valence-corrected chi connectivity index (χ4v) is 6.23. The average molecular weight is 707 g/mol. The molecule has 2 fully saturated rings. The molecule has 51 heavy (non-hydrogen) atoms. The standard InChI is InChI=1S/C38H59N5O3.C2H5N.C2H6/c1-25(2)35(41-37(45)46-38(7,8)9)29(6)43-22-16-21-33(43)27(4)39-32(24-30-17-15-18-30)26(3)23-34(44)40-36(28(5)42(10)11)31-19-13-12-14-20-31;1-2-3;1-2/h12-14,19-20,25,30,32-33,35-36,39H,3-6,15-18,21-24H2,1-2,7-11H3,(H,40,44)(H,41,45);2H,1,3H2;1-2H3. The van der Waals surface area contributed by atoms with Crippen molar-refractivity contribution in [1.82, 2.24) is 25.8 Å². The van der Waals surface area contributed by atoms with Crippen molar-refractivity contribution in [2.75, 3.05) is 20.6 Å². The Morgan fingerprint density at radius 3 is 2.08 bits per heavy atom. The van der Waals surface area contributed by atoms with E-state index in [0.717, 1.165) is 54.0 Å². The third-order valence-electron chi connectivity index (χ3n) is 9.10. The van der Waals surface area contributed by atoms with Crippen molar-refractivity contribution in [3.8, 4) is 0 Å². The van der Waals surface area contributed by atoms with Crippen LogP contribution in [-0.4, -0.2) is 66.2 Å². The average Bonchev–Trinajstić information content (AvgIpc) is 3.54. The number of hydrogen-bond acceptors (Lipinski definition) is 7. The number of benzene rings is 1. The molecule has 9 nitrogen and oxygen atoms in total. The van der Waals surface area contributed by atoms with Crippen LogP contribution >= 0.6 is 0 Å². The van der Waals surface area contributed by atoms with E-state index < -0.39 is 11.7 Å². The Morgan fingerprint density at radius 2 is 1.59 bits per heavy atom. The van der Waals surface area contributed by atoms with Gasteiger partial charge in [-0.3, -0.25) is 4.79 Å². The largest absolute Gasteiger partial charge is 0.444 e. The van der Waals surface area contributed by atoms with Gasteiger partial charge in [0, 0.05) is 50.2 Å². The molecule has 1 saturated carbocycles. The van der Waals surface area contributed by atoms with E-state index in [9.17, 15) is 9.59 Å². The smallest absolute Gasteiger partial charge is 0.408 e. The van der Waals surface area contributed by atoms with Gasteiger partial charge in [-0.2, -0.15) is 0 Å².